The highest BCUT2D eigenvalue weighted by Crippen LogP contribution is 2.20. The van der Waals surface area contributed by atoms with E-state index in [2.05, 4.69) is 5.10 Å². The first kappa shape index (κ1) is 17.4. The van der Waals surface area contributed by atoms with Gasteiger partial charge in [0.25, 0.3) is 5.91 Å². The van der Waals surface area contributed by atoms with Gasteiger partial charge in [-0.3, -0.25) is 4.79 Å². The van der Waals surface area contributed by atoms with Gasteiger partial charge in [-0.1, -0.05) is 6.07 Å². The van der Waals surface area contributed by atoms with Crippen LogP contribution in [0.5, 0.6) is 11.5 Å². The van der Waals surface area contributed by atoms with E-state index in [1.54, 1.807) is 36.5 Å². The van der Waals surface area contributed by atoms with Gasteiger partial charge in [0.15, 0.2) is 12.4 Å². The third-order valence-electron chi connectivity index (χ3n) is 3.37. The minimum atomic E-state index is -0.708. The lowest BCUT2D eigenvalue weighted by Crippen LogP contribution is -2.19. The van der Waals surface area contributed by atoms with Gasteiger partial charge in [0.1, 0.15) is 35.3 Å². The van der Waals surface area contributed by atoms with Crippen LogP contribution in [0.2, 0.25) is 0 Å². The molecule has 1 aromatic heterocycles. The van der Waals surface area contributed by atoms with Crippen LogP contribution in [0.15, 0.2) is 54.7 Å². The van der Waals surface area contributed by atoms with Crippen LogP contribution in [0.3, 0.4) is 0 Å². The van der Waals surface area contributed by atoms with Crippen LogP contribution in [-0.4, -0.2) is 22.3 Å². The number of halogens is 2. The summed E-state index contributed by atoms with van der Waals surface area (Å²) in [6, 6.07) is 11.6. The maximum Gasteiger partial charge on any atom is 0.255 e. The van der Waals surface area contributed by atoms with Gasteiger partial charge in [-0.15, -0.1) is 0 Å². The normalized spacial score (nSPS) is 10.5. The van der Waals surface area contributed by atoms with Gasteiger partial charge < -0.3 is 15.2 Å². The number of carbonyl (C=O) groups excluding carboxylic acids is 1. The van der Waals surface area contributed by atoms with E-state index >= 15 is 0 Å². The molecule has 0 radical (unpaired) electrons. The Bertz CT molecular complexity index is 928. The highest BCUT2D eigenvalue weighted by Gasteiger charge is 2.08. The van der Waals surface area contributed by atoms with Crippen LogP contribution >= 0.6 is 0 Å². The number of nitrogens with zero attached hydrogens (tertiary/aromatic N) is 2. The first-order chi connectivity index (χ1) is 12.5. The van der Waals surface area contributed by atoms with Gasteiger partial charge in [0.2, 0.25) is 0 Å². The molecule has 2 N–H and O–H groups in total. The van der Waals surface area contributed by atoms with Gasteiger partial charge in [-0.2, -0.15) is 5.10 Å². The summed E-state index contributed by atoms with van der Waals surface area (Å²) in [5, 5.41) is 4.20. The van der Waals surface area contributed by atoms with Crippen LogP contribution in [0.4, 0.5) is 8.78 Å². The minimum absolute atomic E-state index is 0.134. The number of ether oxygens (including phenoxy) is 2. The molecule has 0 spiro atoms. The molecule has 0 unspecified atom stereocenters. The third-order valence-corrected chi connectivity index (χ3v) is 3.37. The predicted molar refractivity (Wildman–Crippen MR) is 88.9 cm³/mol. The molecule has 8 heteroatoms. The predicted octanol–water partition coefficient (Wildman–Crippen LogP) is 2.59. The first-order valence-corrected chi connectivity index (χ1v) is 7.65. The zero-order chi connectivity index (χ0) is 18.5. The van der Waals surface area contributed by atoms with Crippen molar-refractivity contribution < 1.29 is 23.0 Å². The molecule has 0 bridgehead atoms. The van der Waals surface area contributed by atoms with E-state index < -0.39 is 17.5 Å². The van der Waals surface area contributed by atoms with Crippen molar-refractivity contribution in [1.29, 1.82) is 0 Å². The van der Waals surface area contributed by atoms with Crippen molar-refractivity contribution in [3.05, 3.63) is 72.1 Å². The highest BCUT2D eigenvalue weighted by molar-refractivity contribution is 5.75. The smallest absolute Gasteiger partial charge is 0.255 e. The molecule has 2 aromatic carbocycles. The number of benzene rings is 2. The Hall–Kier alpha value is -3.42. The fourth-order valence-corrected chi connectivity index (χ4v) is 2.21. The lowest BCUT2D eigenvalue weighted by atomic mass is 10.3. The molecule has 0 aliphatic rings. The number of aromatic nitrogens is 2. The molecule has 6 nitrogen and oxygen atoms in total. The summed E-state index contributed by atoms with van der Waals surface area (Å²) in [7, 11) is 0. The number of amides is 1. The molecule has 3 rings (SSSR count). The number of primary amides is 1. The van der Waals surface area contributed by atoms with E-state index in [9.17, 15) is 13.6 Å². The highest BCUT2D eigenvalue weighted by atomic mass is 19.1. The maximum atomic E-state index is 13.8. The summed E-state index contributed by atoms with van der Waals surface area (Å²) in [4.78, 5) is 10.7. The zero-order valence-corrected chi connectivity index (χ0v) is 13.6. The zero-order valence-electron chi connectivity index (χ0n) is 13.6. The van der Waals surface area contributed by atoms with Crippen molar-refractivity contribution in [3.8, 4) is 17.2 Å². The molecule has 26 heavy (non-hydrogen) atoms. The van der Waals surface area contributed by atoms with Gasteiger partial charge >= 0.3 is 0 Å². The molecule has 0 fully saturated rings. The molecule has 0 aliphatic heterocycles. The van der Waals surface area contributed by atoms with Crippen LogP contribution in [0, 0.1) is 11.6 Å². The van der Waals surface area contributed by atoms with Crippen LogP contribution in [-0.2, 0) is 11.4 Å². The summed E-state index contributed by atoms with van der Waals surface area (Å²) < 4.78 is 38.9. The van der Waals surface area contributed by atoms with Gasteiger partial charge in [-0.25, -0.2) is 13.5 Å². The Morgan fingerprint density at radius 2 is 1.85 bits per heavy atom. The van der Waals surface area contributed by atoms with Gasteiger partial charge in [0, 0.05) is 18.3 Å². The van der Waals surface area contributed by atoms with E-state index in [4.69, 9.17) is 15.2 Å². The number of hydrogen-bond donors (Lipinski definition) is 1. The van der Waals surface area contributed by atoms with E-state index in [1.165, 1.54) is 10.7 Å². The molecule has 1 amide bonds. The van der Waals surface area contributed by atoms with E-state index in [0.29, 0.717) is 17.2 Å². The lowest BCUT2D eigenvalue weighted by Gasteiger charge is -2.08. The van der Waals surface area contributed by atoms with Crippen LogP contribution < -0.4 is 15.2 Å². The summed E-state index contributed by atoms with van der Waals surface area (Å²) >= 11 is 0. The van der Waals surface area contributed by atoms with Crippen molar-refractivity contribution in [3.63, 3.8) is 0 Å². The Balaban J connectivity index is 1.65. The quantitative estimate of drug-likeness (QED) is 0.703. The second-order valence-electron chi connectivity index (χ2n) is 5.37. The molecule has 3 aromatic rings. The monoisotopic (exact) mass is 359 g/mol. The number of nitrogens with two attached hydrogens (primary N) is 1. The van der Waals surface area contributed by atoms with Gasteiger partial charge in [-0.05, 0) is 30.3 Å². The standard InChI is InChI=1S/C18H15F2N3O3/c19-12-4-5-17(16(20)8-12)23-7-6-13(22-23)10-25-14-2-1-3-15(9-14)26-11-18(21)24/h1-9H,10-11H2,(H2,21,24). The van der Waals surface area contributed by atoms with Crippen molar-refractivity contribution >= 4 is 5.91 Å². The Morgan fingerprint density at radius 3 is 2.58 bits per heavy atom. The van der Waals surface area contributed by atoms with Crippen molar-refractivity contribution in [1.82, 2.24) is 9.78 Å². The molecular formula is C18H15F2N3O3. The lowest BCUT2D eigenvalue weighted by molar-refractivity contribution is -0.119. The Kier molecular flexibility index (Phi) is 5.12. The minimum Gasteiger partial charge on any atom is -0.487 e. The van der Waals surface area contributed by atoms with Crippen molar-refractivity contribution in [2.45, 2.75) is 6.61 Å². The second-order valence-corrected chi connectivity index (χ2v) is 5.37. The third kappa shape index (κ3) is 4.35. The number of carbonyl (C=O) groups is 1. The van der Waals surface area contributed by atoms with E-state index in [1.807, 2.05) is 0 Å². The summed E-state index contributed by atoms with van der Waals surface area (Å²) in [6.07, 6.45) is 1.56. The first-order valence-electron chi connectivity index (χ1n) is 7.65. The van der Waals surface area contributed by atoms with E-state index in [0.717, 1.165) is 12.1 Å². The SMILES string of the molecule is NC(=O)COc1cccc(OCc2ccn(-c3ccc(F)cc3F)n2)c1. The topological polar surface area (TPSA) is 79.4 Å². The van der Waals surface area contributed by atoms with Crippen molar-refractivity contribution in [2.75, 3.05) is 6.61 Å². The van der Waals surface area contributed by atoms with E-state index in [-0.39, 0.29) is 18.9 Å². The van der Waals surface area contributed by atoms with Crippen molar-refractivity contribution in [2.24, 2.45) is 5.73 Å². The molecular weight excluding hydrogens is 344 g/mol. The largest absolute Gasteiger partial charge is 0.487 e. The van der Waals surface area contributed by atoms with Crippen LogP contribution in [0.1, 0.15) is 5.69 Å². The second kappa shape index (κ2) is 7.64. The fraction of sp³-hybridized carbons (Fsp3) is 0.111. The fourth-order valence-electron chi connectivity index (χ4n) is 2.21. The summed E-state index contributed by atoms with van der Waals surface area (Å²) in [6.45, 7) is -0.0911. The molecule has 134 valence electrons. The average Bonchev–Trinajstić information content (AvgIpc) is 3.07. The molecule has 0 saturated heterocycles. The summed E-state index contributed by atoms with van der Waals surface area (Å²) in [5.74, 6) is -0.982. The molecule has 0 atom stereocenters. The molecule has 0 saturated carbocycles. The Labute approximate surface area is 147 Å². The molecule has 1 heterocycles. The Morgan fingerprint density at radius 1 is 1.08 bits per heavy atom. The number of rotatable bonds is 7. The van der Waals surface area contributed by atoms with Crippen LogP contribution in [0.25, 0.3) is 5.69 Å². The maximum absolute atomic E-state index is 13.8. The average molecular weight is 359 g/mol. The summed E-state index contributed by atoms with van der Waals surface area (Å²) in [5.41, 5.74) is 5.72. The van der Waals surface area contributed by atoms with Gasteiger partial charge in [0.05, 0.1) is 0 Å². The number of hydrogen-bond acceptors (Lipinski definition) is 4. The molecule has 0 aliphatic carbocycles.